The predicted octanol–water partition coefficient (Wildman–Crippen LogP) is 3.92. The van der Waals surface area contributed by atoms with E-state index in [2.05, 4.69) is 15.9 Å². The lowest BCUT2D eigenvalue weighted by atomic mass is 10.3. The molecule has 0 aliphatic heterocycles. The van der Waals surface area contributed by atoms with Crippen LogP contribution in [0.4, 0.5) is 4.39 Å². The Labute approximate surface area is 89.3 Å². The zero-order valence-electron chi connectivity index (χ0n) is 6.64. The van der Waals surface area contributed by atoms with Gasteiger partial charge in [-0.1, -0.05) is 23.7 Å². The van der Waals surface area contributed by atoms with Crippen LogP contribution in [0.2, 0.25) is 5.02 Å². The van der Waals surface area contributed by atoms with Crippen molar-refractivity contribution in [2.45, 2.75) is 0 Å². The van der Waals surface area contributed by atoms with Crippen molar-refractivity contribution in [2.75, 3.05) is 6.61 Å². The Morgan fingerprint density at radius 3 is 2.85 bits per heavy atom. The fraction of sp³-hybridized carbons (Fsp3) is 0.111. The van der Waals surface area contributed by atoms with Gasteiger partial charge < -0.3 is 4.74 Å². The van der Waals surface area contributed by atoms with E-state index in [4.69, 9.17) is 16.3 Å². The van der Waals surface area contributed by atoms with Crippen molar-refractivity contribution in [3.8, 4) is 5.75 Å². The van der Waals surface area contributed by atoms with Crippen LogP contribution in [0.1, 0.15) is 0 Å². The monoisotopic (exact) mass is 264 g/mol. The Morgan fingerprint density at radius 2 is 2.23 bits per heavy atom. The third-order valence-corrected chi connectivity index (χ3v) is 1.95. The summed E-state index contributed by atoms with van der Waals surface area (Å²) >= 11 is 8.44. The molecule has 70 valence electrons. The molecule has 0 saturated carbocycles. The highest BCUT2D eigenvalue weighted by molar-refractivity contribution is 9.11. The highest BCUT2D eigenvalue weighted by Gasteiger charge is 1.97. The number of hydrogen-bond donors (Lipinski definition) is 0. The minimum atomic E-state index is -0.445. The number of ether oxygens (including phenoxy) is 1. The number of benzene rings is 1. The molecule has 0 fully saturated rings. The molecular formula is C9H7BrClFO. The van der Waals surface area contributed by atoms with E-state index in [1.807, 2.05) is 0 Å². The summed E-state index contributed by atoms with van der Waals surface area (Å²) in [4.78, 5) is 0. The standard InChI is InChI=1S/C9H7BrClFO/c10-9(12)5-6-13-8-4-2-1-3-7(8)11/h1-5H,6H2. The van der Waals surface area contributed by atoms with E-state index in [-0.39, 0.29) is 6.61 Å². The van der Waals surface area contributed by atoms with Gasteiger partial charge in [-0.3, -0.25) is 0 Å². The van der Waals surface area contributed by atoms with E-state index < -0.39 is 4.74 Å². The minimum Gasteiger partial charge on any atom is -0.488 e. The van der Waals surface area contributed by atoms with E-state index in [0.717, 1.165) is 0 Å². The lowest BCUT2D eigenvalue weighted by molar-refractivity contribution is 0.361. The van der Waals surface area contributed by atoms with Gasteiger partial charge >= 0.3 is 0 Å². The van der Waals surface area contributed by atoms with Gasteiger partial charge in [0.15, 0.2) is 4.74 Å². The molecule has 4 heteroatoms. The first-order chi connectivity index (χ1) is 6.20. The van der Waals surface area contributed by atoms with Crippen LogP contribution >= 0.6 is 27.5 Å². The Kier molecular flexibility index (Phi) is 4.25. The molecule has 0 bridgehead atoms. The molecule has 0 unspecified atom stereocenters. The summed E-state index contributed by atoms with van der Waals surface area (Å²) < 4.78 is 16.9. The van der Waals surface area contributed by atoms with Crippen molar-refractivity contribution in [1.29, 1.82) is 0 Å². The zero-order chi connectivity index (χ0) is 9.68. The quantitative estimate of drug-likeness (QED) is 0.805. The van der Waals surface area contributed by atoms with Crippen molar-refractivity contribution in [2.24, 2.45) is 0 Å². The van der Waals surface area contributed by atoms with Gasteiger partial charge in [0.05, 0.1) is 5.02 Å². The first-order valence-corrected chi connectivity index (χ1v) is 4.75. The molecule has 0 aliphatic rings. The summed E-state index contributed by atoms with van der Waals surface area (Å²) in [5.74, 6) is 0.550. The summed E-state index contributed by atoms with van der Waals surface area (Å²) in [6.07, 6.45) is 1.27. The van der Waals surface area contributed by atoms with Crippen molar-refractivity contribution >= 4 is 27.5 Å². The van der Waals surface area contributed by atoms with Crippen LogP contribution in [0, 0.1) is 0 Å². The van der Waals surface area contributed by atoms with Gasteiger partial charge in [0, 0.05) is 0 Å². The third-order valence-electron chi connectivity index (χ3n) is 1.31. The largest absolute Gasteiger partial charge is 0.488 e. The van der Waals surface area contributed by atoms with Gasteiger partial charge in [0.2, 0.25) is 0 Å². The minimum absolute atomic E-state index is 0.154. The second-order valence-electron chi connectivity index (χ2n) is 2.24. The van der Waals surface area contributed by atoms with Crippen LogP contribution in [0.15, 0.2) is 35.1 Å². The molecule has 0 aromatic heterocycles. The van der Waals surface area contributed by atoms with Crippen LogP contribution < -0.4 is 4.74 Å². The SMILES string of the molecule is FC(Br)=CCOc1ccccc1Cl. The second kappa shape index (κ2) is 5.25. The average Bonchev–Trinajstić information content (AvgIpc) is 2.08. The maximum Gasteiger partial charge on any atom is 0.165 e. The van der Waals surface area contributed by atoms with Crippen LogP contribution in [0.5, 0.6) is 5.75 Å². The van der Waals surface area contributed by atoms with E-state index in [0.29, 0.717) is 10.8 Å². The van der Waals surface area contributed by atoms with Crippen molar-refractivity contribution in [3.05, 3.63) is 40.1 Å². The Hall–Kier alpha value is -0.540. The number of rotatable bonds is 3. The number of hydrogen-bond acceptors (Lipinski definition) is 1. The highest BCUT2D eigenvalue weighted by Crippen LogP contribution is 2.23. The fourth-order valence-corrected chi connectivity index (χ4v) is 1.08. The van der Waals surface area contributed by atoms with Gasteiger partial charge in [-0.05, 0) is 34.1 Å². The van der Waals surface area contributed by atoms with Gasteiger partial charge in [-0.2, -0.15) is 4.39 Å². The van der Waals surface area contributed by atoms with Crippen molar-refractivity contribution in [1.82, 2.24) is 0 Å². The molecule has 1 nitrogen and oxygen atoms in total. The zero-order valence-corrected chi connectivity index (χ0v) is 8.98. The lowest BCUT2D eigenvalue weighted by Crippen LogP contribution is -1.93. The molecule has 0 spiro atoms. The van der Waals surface area contributed by atoms with Crippen molar-refractivity contribution in [3.63, 3.8) is 0 Å². The van der Waals surface area contributed by atoms with Crippen LogP contribution in [0.3, 0.4) is 0 Å². The second-order valence-corrected chi connectivity index (χ2v) is 3.40. The molecule has 0 radical (unpaired) electrons. The maximum absolute atomic E-state index is 12.2. The summed E-state index contributed by atoms with van der Waals surface area (Å²) in [5, 5.41) is 0.519. The highest BCUT2D eigenvalue weighted by atomic mass is 79.9. The Morgan fingerprint density at radius 1 is 1.54 bits per heavy atom. The topological polar surface area (TPSA) is 9.23 Å². The molecule has 1 aromatic rings. The first-order valence-electron chi connectivity index (χ1n) is 3.58. The van der Waals surface area contributed by atoms with E-state index >= 15 is 0 Å². The molecule has 1 aromatic carbocycles. The number of para-hydroxylation sites is 1. The molecule has 0 amide bonds. The smallest absolute Gasteiger partial charge is 0.165 e. The first kappa shape index (κ1) is 10.5. The average molecular weight is 266 g/mol. The van der Waals surface area contributed by atoms with E-state index in [9.17, 15) is 4.39 Å². The number of halogens is 3. The van der Waals surface area contributed by atoms with Crippen molar-refractivity contribution < 1.29 is 9.13 Å². The summed E-state index contributed by atoms with van der Waals surface area (Å²) in [6.45, 7) is 0.154. The molecule has 0 saturated heterocycles. The van der Waals surface area contributed by atoms with Crippen LogP contribution in [0.25, 0.3) is 0 Å². The molecular weight excluding hydrogens is 258 g/mol. The van der Waals surface area contributed by atoms with Gasteiger partial charge in [0.1, 0.15) is 12.4 Å². The summed E-state index contributed by atoms with van der Waals surface area (Å²) in [5.41, 5.74) is 0. The maximum atomic E-state index is 12.2. The normalized spacial score (nSPS) is 11.5. The van der Waals surface area contributed by atoms with Gasteiger partial charge in [-0.25, -0.2) is 0 Å². The van der Waals surface area contributed by atoms with Gasteiger partial charge in [-0.15, -0.1) is 0 Å². The van der Waals surface area contributed by atoms with Gasteiger partial charge in [0.25, 0.3) is 0 Å². The third kappa shape index (κ3) is 3.79. The molecule has 0 atom stereocenters. The molecule has 0 heterocycles. The Balaban J connectivity index is 2.55. The molecule has 1 rings (SSSR count). The molecule has 0 N–H and O–H groups in total. The fourth-order valence-electron chi connectivity index (χ4n) is 0.756. The predicted molar refractivity (Wildman–Crippen MR) is 55.1 cm³/mol. The molecule has 0 aliphatic carbocycles. The lowest BCUT2D eigenvalue weighted by Gasteiger charge is -2.03. The summed E-state index contributed by atoms with van der Waals surface area (Å²) in [6, 6.07) is 7.04. The van der Waals surface area contributed by atoms with E-state index in [1.165, 1.54) is 6.08 Å². The van der Waals surface area contributed by atoms with E-state index in [1.54, 1.807) is 24.3 Å². The van der Waals surface area contributed by atoms with Crippen LogP contribution in [-0.2, 0) is 0 Å². The molecule has 13 heavy (non-hydrogen) atoms. The summed E-state index contributed by atoms with van der Waals surface area (Å²) in [7, 11) is 0. The Bertz CT molecular complexity index is 310. The van der Waals surface area contributed by atoms with Crippen LogP contribution in [-0.4, -0.2) is 6.61 Å².